The zero-order valence-corrected chi connectivity index (χ0v) is 76.2. The number of aryl methyl sites for hydroxylation is 9. The molecule has 133 heavy (non-hydrogen) atoms. The minimum atomic E-state index is -4.57. The van der Waals surface area contributed by atoms with Crippen LogP contribution in [0.5, 0.6) is 0 Å². The van der Waals surface area contributed by atoms with Gasteiger partial charge in [0.1, 0.15) is 34.2 Å². The lowest BCUT2D eigenvalue weighted by molar-refractivity contribution is -0.142. The Labute approximate surface area is 784 Å². The van der Waals surface area contributed by atoms with Crippen molar-refractivity contribution in [2.45, 2.75) is 87.8 Å². The number of thiophene rings is 1. The van der Waals surface area contributed by atoms with Crippen molar-refractivity contribution in [2.75, 3.05) is 31.9 Å². The number of rotatable bonds is 17. The summed E-state index contributed by atoms with van der Waals surface area (Å²) < 4.78 is 120. The maximum atomic E-state index is 12.7. The molecule has 5 aromatic carbocycles. The third-order valence-corrected chi connectivity index (χ3v) is 21.9. The van der Waals surface area contributed by atoms with Crippen LogP contribution >= 0.6 is 69.3 Å². The zero-order valence-electron chi connectivity index (χ0n) is 71.6. The van der Waals surface area contributed by atoms with E-state index in [1.54, 1.807) is 160 Å². The molecular weight excluding hydrogens is 1860 g/mol. The molecular formula is C96H75Cl5F9N15O7S. The molecule has 0 unspecified atom stereocenters. The first kappa shape index (κ1) is 99.4. The molecule has 0 aliphatic carbocycles. The van der Waals surface area contributed by atoms with Crippen molar-refractivity contribution in [3.8, 4) is 45.0 Å². The second-order valence-corrected chi connectivity index (χ2v) is 32.4. The Morgan fingerprint density at radius 3 is 1.14 bits per heavy atom. The summed E-state index contributed by atoms with van der Waals surface area (Å²) in [6, 6.07) is 56.3. The molecule has 0 saturated carbocycles. The number of benzene rings is 5. The van der Waals surface area contributed by atoms with Crippen LogP contribution in [0.1, 0.15) is 136 Å². The monoisotopic (exact) mass is 1930 g/mol. The van der Waals surface area contributed by atoms with Gasteiger partial charge >= 0.3 is 18.5 Å². The van der Waals surface area contributed by atoms with Crippen molar-refractivity contribution in [1.29, 1.82) is 0 Å². The highest BCUT2D eigenvalue weighted by Gasteiger charge is 2.36. The van der Waals surface area contributed by atoms with Crippen LogP contribution < -0.4 is 31.9 Å². The van der Waals surface area contributed by atoms with E-state index in [0.29, 0.717) is 114 Å². The van der Waals surface area contributed by atoms with Gasteiger partial charge < -0.3 is 36.4 Å². The van der Waals surface area contributed by atoms with E-state index >= 15 is 0 Å². The summed E-state index contributed by atoms with van der Waals surface area (Å²) in [7, 11) is 0. The predicted molar refractivity (Wildman–Crippen MR) is 499 cm³/mol. The van der Waals surface area contributed by atoms with Crippen molar-refractivity contribution in [3.05, 3.63) is 362 Å². The maximum absolute atomic E-state index is 12.7. The molecule has 680 valence electrons. The van der Waals surface area contributed by atoms with Crippen LogP contribution in [-0.4, -0.2) is 80.3 Å². The fourth-order valence-electron chi connectivity index (χ4n) is 12.4. The summed E-state index contributed by atoms with van der Waals surface area (Å²) in [4.78, 5) is 107. The largest absolute Gasteiger partial charge is 0.433 e. The fraction of sp³-hybridized carbons (Fsp3) is 0.135. The predicted octanol–water partition coefficient (Wildman–Crippen LogP) is 26.6. The number of carbonyl (C=O) groups excluding carboxylic acids is 6. The number of aromatic nitrogens is 9. The molecule has 10 aromatic heterocycles. The molecule has 5 amide bonds. The maximum Gasteiger partial charge on any atom is 0.433 e. The van der Waals surface area contributed by atoms with Crippen molar-refractivity contribution in [1.82, 2.24) is 45.0 Å². The van der Waals surface area contributed by atoms with E-state index in [2.05, 4.69) is 76.9 Å². The Balaban J connectivity index is 0.000000160. The Morgan fingerprint density at radius 2 is 0.759 bits per heavy atom. The topological polar surface area (TPSA) is 304 Å². The van der Waals surface area contributed by atoms with E-state index in [1.165, 1.54) is 39.0 Å². The van der Waals surface area contributed by atoms with Crippen LogP contribution in [0.4, 0.5) is 79.5 Å². The lowest BCUT2D eigenvalue weighted by atomic mass is 10.1. The van der Waals surface area contributed by atoms with Gasteiger partial charge in [-0.15, -0.1) is 11.3 Å². The SMILES string of the molecule is CC(=O)c1ccc(C(=O)Nc2ccc(Cl)c(-c3ccc(C)cn3)c2)s1.Cc1ccc(-c2cc(NC(=O)c3ccc(C(F)(F)F)nc3C)ccc2Cl)nc1.Cc1cccc(-c2cc(NC(=O)c3c(C)noc3C)ccc2Cl)n1.Cc1ccnc(-c2cc(NC(=O)c3ccc(C(F)(F)F)nc3C)ccc2Cl)c1.Cc1nc(C(F)(F)F)ccc1C(=O)Nc1ccc(Cl)c(Nc2ccccn2)c1. The van der Waals surface area contributed by atoms with E-state index in [-0.39, 0.29) is 51.4 Å². The standard InChI is InChI=1S/2C20H15ClF3N3O.C19H14ClF3N4O.C19H15ClN2O2S.C18H16ClN3O2/c1-11-3-7-17(25-10-11)15-9-13(4-6-16(15)21)27-19(28)14-5-8-18(20(22,23)24)26-12(14)2;1-11-7-8-25-17(9-11)15-10-13(3-5-16(15)21)27-19(28)14-4-6-18(20(22,23)24)26-12(14)2;1-11-13(6-8-16(25-11)19(21,22)23)18(28)26-12-5-7-14(20)15(10-12)27-17-4-2-3-9-24-17;1-11-3-6-16(21-10-11)14-9-13(4-5-15(14)20)22-19(24)18-8-7-17(25-18)12(2)23;1-10-5-4-6-16(20-10)14-9-13(7-8-15(14)19)21-18(23)17-11(2)22-24-12(17)3/h2*3-10H,1-2H3,(H,27,28);2-10H,1H3,(H,24,27)(H,26,28);3-10H,1-2H3,(H,22,24);4-9H,1-3H3,(H,21,23). The lowest BCUT2D eigenvalue weighted by Crippen LogP contribution is -2.16. The van der Waals surface area contributed by atoms with Crippen LogP contribution in [0, 0.1) is 62.3 Å². The van der Waals surface area contributed by atoms with Gasteiger partial charge in [0.05, 0.1) is 103 Å². The molecule has 0 atom stereocenters. The highest BCUT2D eigenvalue weighted by Crippen LogP contribution is 2.38. The summed E-state index contributed by atoms with van der Waals surface area (Å²) >= 11 is 32.4. The van der Waals surface area contributed by atoms with Crippen LogP contribution in [-0.2, 0) is 18.5 Å². The molecule has 0 spiro atoms. The molecule has 0 aliphatic heterocycles. The van der Waals surface area contributed by atoms with Crippen molar-refractivity contribution < 1.29 is 72.8 Å². The number of halogens is 14. The van der Waals surface area contributed by atoms with Gasteiger partial charge in [0.15, 0.2) is 5.78 Å². The summed E-state index contributed by atoms with van der Waals surface area (Å²) in [5.74, 6) is -1.24. The van der Waals surface area contributed by atoms with E-state index < -0.39 is 53.3 Å². The first-order valence-electron chi connectivity index (χ1n) is 39.6. The minimum absolute atomic E-state index is 0.0122. The van der Waals surface area contributed by atoms with Gasteiger partial charge in [0.25, 0.3) is 29.5 Å². The number of anilines is 7. The normalized spacial score (nSPS) is 11.0. The molecule has 0 bridgehead atoms. The Hall–Kier alpha value is -14.2. The molecule has 15 aromatic rings. The molecule has 0 aliphatic rings. The second-order valence-electron chi connectivity index (χ2n) is 29.3. The molecule has 15 rings (SSSR count). The molecule has 0 radical (unpaired) electrons. The van der Waals surface area contributed by atoms with Gasteiger partial charge in [0, 0.05) is 81.2 Å². The average Bonchev–Trinajstić information content (AvgIpc) is 1.63. The summed E-state index contributed by atoms with van der Waals surface area (Å²) in [5.41, 5.74) is 10.5. The number of Topliss-reactive ketones (excluding diaryl/α,β-unsaturated/α-hetero) is 1. The number of alkyl halides is 9. The van der Waals surface area contributed by atoms with Crippen molar-refractivity contribution >= 4 is 145 Å². The van der Waals surface area contributed by atoms with Crippen LogP contribution in [0.25, 0.3) is 45.0 Å². The van der Waals surface area contributed by atoms with Crippen LogP contribution in [0.15, 0.2) is 242 Å². The highest BCUT2D eigenvalue weighted by atomic mass is 35.5. The van der Waals surface area contributed by atoms with Crippen molar-refractivity contribution in [3.63, 3.8) is 0 Å². The zero-order chi connectivity index (χ0) is 96.5. The first-order chi connectivity index (χ1) is 62.9. The number of hydrogen-bond donors (Lipinski definition) is 6. The molecule has 0 fully saturated rings. The minimum Gasteiger partial charge on any atom is -0.361 e. The molecule has 37 heteroatoms. The van der Waals surface area contributed by atoms with Gasteiger partial charge in [-0.05, 0) is 274 Å². The fourth-order valence-corrected chi connectivity index (χ4v) is 14.2. The quantitative estimate of drug-likeness (QED) is 0.0364. The number of amides is 5. The highest BCUT2D eigenvalue weighted by molar-refractivity contribution is 7.16. The van der Waals surface area contributed by atoms with Crippen LogP contribution in [0.2, 0.25) is 25.1 Å². The van der Waals surface area contributed by atoms with E-state index in [1.807, 2.05) is 82.3 Å². The first-order valence-corrected chi connectivity index (χ1v) is 42.3. The number of nitrogens with one attached hydrogen (secondary N) is 6. The summed E-state index contributed by atoms with van der Waals surface area (Å²) in [5, 5.41) is 22.9. The average molecular weight is 1930 g/mol. The summed E-state index contributed by atoms with van der Waals surface area (Å²) in [6.07, 6.45) is -6.95. The van der Waals surface area contributed by atoms with E-state index in [9.17, 15) is 68.3 Å². The molecule has 6 N–H and O–H groups in total. The van der Waals surface area contributed by atoms with E-state index in [0.717, 1.165) is 81.3 Å². The van der Waals surface area contributed by atoms with Crippen molar-refractivity contribution in [2.24, 2.45) is 0 Å². The lowest BCUT2D eigenvalue weighted by Gasteiger charge is -2.12. The van der Waals surface area contributed by atoms with E-state index in [4.69, 9.17) is 62.5 Å². The third kappa shape index (κ3) is 27.0. The molecule has 10 heterocycles. The number of carbonyl (C=O) groups is 6. The second kappa shape index (κ2) is 43.7. The Morgan fingerprint density at radius 1 is 0.346 bits per heavy atom. The number of ketones is 1. The van der Waals surface area contributed by atoms with Crippen LogP contribution in [0.3, 0.4) is 0 Å². The van der Waals surface area contributed by atoms with Gasteiger partial charge in [0.2, 0.25) is 0 Å². The van der Waals surface area contributed by atoms with Gasteiger partial charge in [-0.25, -0.2) is 19.9 Å². The number of pyridine rings is 8. The molecule has 22 nitrogen and oxygen atoms in total. The number of hydrogen-bond acceptors (Lipinski definition) is 18. The third-order valence-electron chi connectivity index (χ3n) is 19.1. The summed E-state index contributed by atoms with van der Waals surface area (Å²) in [6.45, 7) is 16.7. The molecule has 0 saturated heterocycles. The Kier molecular flexibility index (Phi) is 32.7. The Bertz CT molecular complexity index is 6830. The van der Waals surface area contributed by atoms with Gasteiger partial charge in [-0.2, -0.15) is 39.5 Å². The number of nitrogens with zero attached hydrogens (tertiary/aromatic N) is 9. The van der Waals surface area contributed by atoms with Gasteiger partial charge in [-0.1, -0.05) is 87.4 Å². The van der Waals surface area contributed by atoms with Gasteiger partial charge in [-0.3, -0.25) is 48.7 Å². The smallest absolute Gasteiger partial charge is 0.361 e.